The third kappa shape index (κ3) is 2.60. The van der Waals surface area contributed by atoms with Crippen LogP contribution >= 0.6 is 0 Å². The number of amides is 1. The van der Waals surface area contributed by atoms with Crippen molar-refractivity contribution in [1.29, 1.82) is 0 Å². The summed E-state index contributed by atoms with van der Waals surface area (Å²) in [4.78, 5) is 24.6. The molecule has 1 saturated carbocycles. The summed E-state index contributed by atoms with van der Waals surface area (Å²) in [5.41, 5.74) is 0. The van der Waals surface area contributed by atoms with Gasteiger partial charge in [-0.1, -0.05) is 13.8 Å². The topological polar surface area (TPSA) is 66.8 Å². The van der Waals surface area contributed by atoms with Gasteiger partial charge in [0.1, 0.15) is 0 Å². The number of aliphatic carboxylic acids is 1. The van der Waals surface area contributed by atoms with Crippen LogP contribution in [0.5, 0.6) is 0 Å². The highest BCUT2D eigenvalue weighted by Gasteiger charge is 2.50. The summed E-state index contributed by atoms with van der Waals surface area (Å²) in [7, 11) is 0. The second-order valence-corrected chi connectivity index (χ2v) is 5.22. The molecule has 0 aromatic heterocycles. The maximum atomic E-state index is 12.1. The Kier molecular flexibility index (Phi) is 3.38. The van der Waals surface area contributed by atoms with Crippen LogP contribution in [0.4, 0.5) is 0 Å². The Bertz CT molecular complexity index is 328. The van der Waals surface area contributed by atoms with E-state index in [1.54, 1.807) is 4.90 Å². The number of hydrogen-bond acceptors (Lipinski definition) is 3. The first-order chi connectivity index (χ1) is 8.00. The number of carbonyl (C=O) groups excluding carboxylic acids is 1. The molecule has 0 aromatic rings. The summed E-state index contributed by atoms with van der Waals surface area (Å²) >= 11 is 0. The molecule has 2 aliphatic rings. The van der Waals surface area contributed by atoms with Crippen molar-refractivity contribution in [2.45, 2.75) is 26.4 Å². The standard InChI is InChI=1S/C12H19NO4/c1-7(2)10-6-13(3-4-17-10)11(14)8-5-9(8)12(15)16/h7-10H,3-6H2,1-2H3,(H,15,16). The van der Waals surface area contributed by atoms with Crippen LogP contribution in [0, 0.1) is 17.8 Å². The lowest BCUT2D eigenvalue weighted by molar-refractivity contribution is -0.146. The van der Waals surface area contributed by atoms with Crippen LogP contribution in [0.3, 0.4) is 0 Å². The molecule has 1 heterocycles. The van der Waals surface area contributed by atoms with Gasteiger partial charge in [0.25, 0.3) is 0 Å². The van der Waals surface area contributed by atoms with E-state index in [4.69, 9.17) is 9.84 Å². The van der Waals surface area contributed by atoms with Crippen molar-refractivity contribution < 1.29 is 19.4 Å². The summed E-state index contributed by atoms with van der Waals surface area (Å²) in [6.07, 6.45) is 0.576. The third-order valence-corrected chi connectivity index (χ3v) is 3.57. The zero-order chi connectivity index (χ0) is 12.6. The molecule has 96 valence electrons. The van der Waals surface area contributed by atoms with Gasteiger partial charge in [0.05, 0.1) is 24.5 Å². The van der Waals surface area contributed by atoms with Crippen molar-refractivity contribution in [3.8, 4) is 0 Å². The predicted molar refractivity (Wildman–Crippen MR) is 60.4 cm³/mol. The molecule has 0 aromatic carbocycles. The molecule has 1 aliphatic heterocycles. The van der Waals surface area contributed by atoms with Crippen LogP contribution < -0.4 is 0 Å². The fraction of sp³-hybridized carbons (Fsp3) is 0.833. The van der Waals surface area contributed by atoms with E-state index in [0.29, 0.717) is 32.0 Å². The second-order valence-electron chi connectivity index (χ2n) is 5.22. The van der Waals surface area contributed by atoms with Gasteiger partial charge in [-0.15, -0.1) is 0 Å². The lowest BCUT2D eigenvalue weighted by Crippen LogP contribution is -2.48. The molecule has 1 N–H and O–H groups in total. The quantitative estimate of drug-likeness (QED) is 0.785. The summed E-state index contributed by atoms with van der Waals surface area (Å²) < 4.78 is 5.58. The van der Waals surface area contributed by atoms with E-state index in [1.807, 2.05) is 0 Å². The number of morpholine rings is 1. The van der Waals surface area contributed by atoms with Gasteiger partial charge in [0, 0.05) is 13.1 Å². The minimum absolute atomic E-state index is 0.00801. The maximum absolute atomic E-state index is 12.1. The lowest BCUT2D eigenvalue weighted by Gasteiger charge is -2.35. The Morgan fingerprint density at radius 1 is 1.35 bits per heavy atom. The molecule has 5 heteroatoms. The van der Waals surface area contributed by atoms with Gasteiger partial charge >= 0.3 is 5.97 Å². The van der Waals surface area contributed by atoms with E-state index in [-0.39, 0.29) is 17.9 Å². The van der Waals surface area contributed by atoms with Crippen molar-refractivity contribution in [2.75, 3.05) is 19.7 Å². The minimum Gasteiger partial charge on any atom is -0.481 e. The highest BCUT2D eigenvalue weighted by atomic mass is 16.5. The number of rotatable bonds is 3. The minimum atomic E-state index is -0.850. The van der Waals surface area contributed by atoms with Crippen LogP contribution in [-0.2, 0) is 14.3 Å². The van der Waals surface area contributed by atoms with Crippen molar-refractivity contribution in [2.24, 2.45) is 17.8 Å². The summed E-state index contributed by atoms with van der Waals surface area (Å²) in [6.45, 7) is 5.87. The number of carboxylic acid groups (broad SMARTS) is 1. The van der Waals surface area contributed by atoms with Gasteiger partial charge in [0.2, 0.25) is 5.91 Å². The van der Waals surface area contributed by atoms with Crippen molar-refractivity contribution >= 4 is 11.9 Å². The molecule has 0 bridgehead atoms. The Hall–Kier alpha value is -1.10. The monoisotopic (exact) mass is 241 g/mol. The van der Waals surface area contributed by atoms with Gasteiger partial charge in [-0.3, -0.25) is 9.59 Å². The van der Waals surface area contributed by atoms with Gasteiger partial charge in [-0.25, -0.2) is 0 Å². The molecule has 1 saturated heterocycles. The van der Waals surface area contributed by atoms with E-state index in [9.17, 15) is 9.59 Å². The van der Waals surface area contributed by atoms with E-state index in [0.717, 1.165) is 0 Å². The number of carboxylic acids is 1. The average Bonchev–Trinajstić information content (AvgIpc) is 3.08. The zero-order valence-electron chi connectivity index (χ0n) is 10.3. The zero-order valence-corrected chi connectivity index (χ0v) is 10.3. The molecule has 3 atom stereocenters. The molecule has 0 spiro atoms. The number of ether oxygens (including phenoxy) is 1. The first kappa shape index (κ1) is 12.4. The highest BCUT2D eigenvalue weighted by Crippen LogP contribution is 2.40. The van der Waals surface area contributed by atoms with Gasteiger partial charge in [0.15, 0.2) is 0 Å². The Balaban J connectivity index is 1.90. The Morgan fingerprint density at radius 2 is 2.06 bits per heavy atom. The molecular formula is C12H19NO4. The van der Waals surface area contributed by atoms with Gasteiger partial charge in [-0.05, 0) is 12.3 Å². The van der Waals surface area contributed by atoms with E-state index < -0.39 is 11.9 Å². The molecule has 2 fully saturated rings. The van der Waals surface area contributed by atoms with Gasteiger partial charge in [-0.2, -0.15) is 0 Å². The largest absolute Gasteiger partial charge is 0.481 e. The highest BCUT2D eigenvalue weighted by molar-refractivity contribution is 5.89. The number of carbonyl (C=O) groups is 2. The Morgan fingerprint density at radius 3 is 2.59 bits per heavy atom. The SMILES string of the molecule is CC(C)C1CN(C(=O)C2CC2C(=O)O)CCO1. The average molecular weight is 241 g/mol. The van der Waals surface area contributed by atoms with Crippen molar-refractivity contribution in [3.63, 3.8) is 0 Å². The van der Waals surface area contributed by atoms with Crippen LogP contribution in [0.1, 0.15) is 20.3 Å². The number of hydrogen-bond donors (Lipinski definition) is 1. The summed E-state index contributed by atoms with van der Waals surface area (Å²) in [5, 5.41) is 8.82. The van der Waals surface area contributed by atoms with Crippen LogP contribution in [0.2, 0.25) is 0 Å². The predicted octanol–water partition coefficient (Wildman–Crippen LogP) is 0.591. The lowest BCUT2D eigenvalue weighted by atomic mass is 10.1. The number of nitrogens with zero attached hydrogens (tertiary/aromatic N) is 1. The first-order valence-electron chi connectivity index (χ1n) is 6.14. The maximum Gasteiger partial charge on any atom is 0.307 e. The van der Waals surface area contributed by atoms with Gasteiger partial charge < -0.3 is 14.7 Å². The van der Waals surface area contributed by atoms with Crippen molar-refractivity contribution in [1.82, 2.24) is 4.90 Å². The molecular weight excluding hydrogens is 222 g/mol. The van der Waals surface area contributed by atoms with Crippen LogP contribution in [-0.4, -0.2) is 47.7 Å². The Labute approximate surface area is 101 Å². The molecule has 3 unspecified atom stereocenters. The molecule has 0 radical (unpaired) electrons. The normalized spacial score (nSPS) is 32.6. The summed E-state index contributed by atoms with van der Waals surface area (Å²) in [6, 6.07) is 0. The summed E-state index contributed by atoms with van der Waals surface area (Å²) in [5.74, 6) is -1.23. The molecule has 17 heavy (non-hydrogen) atoms. The van der Waals surface area contributed by atoms with Crippen LogP contribution in [0.15, 0.2) is 0 Å². The fourth-order valence-corrected chi connectivity index (χ4v) is 2.25. The van der Waals surface area contributed by atoms with E-state index in [1.165, 1.54) is 0 Å². The van der Waals surface area contributed by atoms with E-state index in [2.05, 4.69) is 13.8 Å². The molecule has 5 nitrogen and oxygen atoms in total. The fourth-order valence-electron chi connectivity index (χ4n) is 2.25. The third-order valence-electron chi connectivity index (χ3n) is 3.57. The second kappa shape index (κ2) is 4.64. The molecule has 1 aliphatic carbocycles. The van der Waals surface area contributed by atoms with Crippen molar-refractivity contribution in [3.05, 3.63) is 0 Å². The molecule has 2 rings (SSSR count). The first-order valence-corrected chi connectivity index (χ1v) is 6.14. The smallest absolute Gasteiger partial charge is 0.307 e. The van der Waals surface area contributed by atoms with Crippen LogP contribution in [0.25, 0.3) is 0 Å². The van der Waals surface area contributed by atoms with E-state index >= 15 is 0 Å². The molecule has 1 amide bonds.